The summed E-state index contributed by atoms with van der Waals surface area (Å²) in [6.07, 6.45) is 0. The lowest BCUT2D eigenvalue weighted by molar-refractivity contribution is 1.12. The Morgan fingerprint density at radius 1 is 0.650 bits per heavy atom. The minimum absolute atomic E-state index is 1.30. The Balaban J connectivity index is 2.60. The summed E-state index contributed by atoms with van der Waals surface area (Å²) < 4.78 is 0. The van der Waals surface area contributed by atoms with Crippen molar-refractivity contribution in [2.24, 2.45) is 0 Å². The molecule has 0 atom stereocenters. The first-order valence-electron chi connectivity index (χ1n) is 7.21. The van der Waals surface area contributed by atoms with Gasteiger partial charge in [0.2, 0.25) is 0 Å². The molecular weight excluding hydrogens is 242 g/mol. The predicted molar refractivity (Wildman–Crippen MR) is 89.4 cm³/mol. The number of nitrogens with zero attached hydrogens (tertiary/aromatic N) is 1. The van der Waals surface area contributed by atoms with Gasteiger partial charge in [-0.05, 0) is 81.0 Å². The first-order chi connectivity index (χ1) is 9.32. The maximum absolute atomic E-state index is 2.33. The number of hydrogen-bond donors (Lipinski definition) is 0. The molecule has 0 aliphatic heterocycles. The molecule has 106 valence electrons. The third-order valence-corrected chi connectivity index (χ3v) is 4.41. The van der Waals surface area contributed by atoms with Crippen molar-refractivity contribution in [2.45, 2.75) is 41.5 Å². The van der Waals surface area contributed by atoms with Crippen molar-refractivity contribution >= 4 is 11.4 Å². The normalized spacial score (nSPS) is 10.8. The fraction of sp³-hybridized carbons (Fsp3) is 0.368. The standard InChI is InChI=1S/C19H25N/c1-12-8-9-13(2)19(17(12)6)20(7)18-11-15(4)14(3)10-16(18)5/h8-11H,1-7H3. The van der Waals surface area contributed by atoms with E-state index in [4.69, 9.17) is 0 Å². The molecule has 0 saturated heterocycles. The van der Waals surface area contributed by atoms with Gasteiger partial charge in [-0.2, -0.15) is 0 Å². The highest BCUT2D eigenvalue weighted by molar-refractivity contribution is 5.72. The van der Waals surface area contributed by atoms with Crippen LogP contribution in [0, 0.1) is 41.5 Å². The fourth-order valence-electron chi connectivity index (χ4n) is 2.88. The molecule has 0 saturated carbocycles. The zero-order valence-corrected chi connectivity index (χ0v) is 13.8. The summed E-state index contributed by atoms with van der Waals surface area (Å²) in [6.45, 7) is 13.1. The topological polar surface area (TPSA) is 3.24 Å². The van der Waals surface area contributed by atoms with Crippen LogP contribution >= 0.6 is 0 Å². The second-order valence-electron chi connectivity index (χ2n) is 5.95. The predicted octanol–water partition coefficient (Wildman–Crippen LogP) is 5.31. The maximum Gasteiger partial charge on any atom is 0.0470 e. The Morgan fingerprint density at radius 2 is 1.20 bits per heavy atom. The van der Waals surface area contributed by atoms with E-state index < -0.39 is 0 Å². The molecule has 0 spiro atoms. The number of anilines is 2. The van der Waals surface area contributed by atoms with Crippen molar-refractivity contribution in [3.63, 3.8) is 0 Å². The molecular formula is C19H25N. The summed E-state index contributed by atoms with van der Waals surface area (Å²) in [4.78, 5) is 2.33. The lowest BCUT2D eigenvalue weighted by Gasteiger charge is -2.27. The van der Waals surface area contributed by atoms with E-state index in [-0.39, 0.29) is 0 Å². The van der Waals surface area contributed by atoms with Crippen LogP contribution in [0.5, 0.6) is 0 Å². The van der Waals surface area contributed by atoms with Gasteiger partial charge in [0.1, 0.15) is 0 Å². The van der Waals surface area contributed by atoms with E-state index in [1.54, 1.807) is 0 Å². The minimum atomic E-state index is 1.30. The summed E-state index contributed by atoms with van der Waals surface area (Å²) in [7, 11) is 2.17. The van der Waals surface area contributed by atoms with E-state index in [1.807, 2.05) is 0 Å². The Bertz CT molecular complexity index is 653. The van der Waals surface area contributed by atoms with E-state index in [2.05, 4.69) is 77.8 Å². The highest BCUT2D eigenvalue weighted by atomic mass is 15.1. The molecule has 2 aromatic rings. The zero-order chi connectivity index (χ0) is 15.0. The van der Waals surface area contributed by atoms with Crippen LogP contribution in [0.25, 0.3) is 0 Å². The number of hydrogen-bond acceptors (Lipinski definition) is 1. The molecule has 0 radical (unpaired) electrons. The molecule has 0 aliphatic rings. The van der Waals surface area contributed by atoms with Gasteiger partial charge in [0.15, 0.2) is 0 Å². The van der Waals surface area contributed by atoms with Crippen molar-refractivity contribution in [2.75, 3.05) is 11.9 Å². The van der Waals surface area contributed by atoms with Gasteiger partial charge in [-0.3, -0.25) is 0 Å². The smallest absolute Gasteiger partial charge is 0.0470 e. The molecule has 0 unspecified atom stereocenters. The van der Waals surface area contributed by atoms with Gasteiger partial charge in [-0.25, -0.2) is 0 Å². The molecule has 1 heteroatoms. The molecule has 0 aliphatic carbocycles. The lowest BCUT2D eigenvalue weighted by atomic mass is 10.00. The summed E-state index contributed by atoms with van der Waals surface area (Å²) in [5.74, 6) is 0. The second kappa shape index (κ2) is 5.32. The molecule has 20 heavy (non-hydrogen) atoms. The average Bonchev–Trinajstić information content (AvgIpc) is 2.38. The van der Waals surface area contributed by atoms with Crippen LogP contribution in [-0.2, 0) is 0 Å². The van der Waals surface area contributed by atoms with Gasteiger partial charge in [0.25, 0.3) is 0 Å². The van der Waals surface area contributed by atoms with Crippen LogP contribution in [0.15, 0.2) is 24.3 Å². The van der Waals surface area contributed by atoms with Crippen LogP contribution in [-0.4, -0.2) is 7.05 Å². The first-order valence-corrected chi connectivity index (χ1v) is 7.21. The molecule has 0 amide bonds. The van der Waals surface area contributed by atoms with Crippen molar-refractivity contribution in [3.8, 4) is 0 Å². The summed E-state index contributed by atoms with van der Waals surface area (Å²) in [5.41, 5.74) is 10.7. The van der Waals surface area contributed by atoms with E-state index in [0.29, 0.717) is 0 Å². The number of benzene rings is 2. The molecule has 2 aromatic carbocycles. The monoisotopic (exact) mass is 267 g/mol. The summed E-state index contributed by atoms with van der Waals surface area (Å²) in [5, 5.41) is 0. The van der Waals surface area contributed by atoms with Crippen LogP contribution in [0.4, 0.5) is 11.4 Å². The summed E-state index contributed by atoms with van der Waals surface area (Å²) in [6, 6.07) is 8.99. The van der Waals surface area contributed by atoms with E-state index in [0.717, 1.165) is 0 Å². The fourth-order valence-corrected chi connectivity index (χ4v) is 2.88. The van der Waals surface area contributed by atoms with Crippen LogP contribution in [0.1, 0.15) is 33.4 Å². The zero-order valence-electron chi connectivity index (χ0n) is 13.8. The van der Waals surface area contributed by atoms with Gasteiger partial charge in [0.05, 0.1) is 0 Å². The number of rotatable bonds is 2. The van der Waals surface area contributed by atoms with E-state index in [1.165, 1.54) is 44.8 Å². The van der Waals surface area contributed by atoms with Gasteiger partial charge < -0.3 is 4.90 Å². The van der Waals surface area contributed by atoms with Crippen molar-refractivity contribution in [3.05, 3.63) is 57.6 Å². The van der Waals surface area contributed by atoms with Gasteiger partial charge >= 0.3 is 0 Å². The van der Waals surface area contributed by atoms with Crippen molar-refractivity contribution < 1.29 is 0 Å². The Kier molecular flexibility index (Phi) is 3.89. The van der Waals surface area contributed by atoms with E-state index >= 15 is 0 Å². The number of aryl methyl sites for hydroxylation is 5. The molecule has 0 N–H and O–H groups in total. The van der Waals surface area contributed by atoms with Crippen LogP contribution in [0.2, 0.25) is 0 Å². The first kappa shape index (κ1) is 14.6. The summed E-state index contributed by atoms with van der Waals surface area (Å²) >= 11 is 0. The molecule has 1 nitrogen and oxygen atoms in total. The van der Waals surface area contributed by atoms with Crippen LogP contribution in [0.3, 0.4) is 0 Å². The van der Waals surface area contributed by atoms with E-state index in [9.17, 15) is 0 Å². The third-order valence-electron chi connectivity index (χ3n) is 4.41. The minimum Gasteiger partial charge on any atom is -0.344 e. The Hall–Kier alpha value is -1.76. The molecule has 2 rings (SSSR count). The Morgan fingerprint density at radius 3 is 1.85 bits per heavy atom. The lowest BCUT2D eigenvalue weighted by Crippen LogP contribution is -2.14. The molecule has 0 heterocycles. The quantitative estimate of drug-likeness (QED) is 0.713. The second-order valence-corrected chi connectivity index (χ2v) is 5.95. The average molecular weight is 267 g/mol. The highest BCUT2D eigenvalue weighted by Crippen LogP contribution is 2.34. The molecule has 0 aromatic heterocycles. The van der Waals surface area contributed by atoms with Crippen molar-refractivity contribution in [1.82, 2.24) is 0 Å². The molecule has 0 fully saturated rings. The van der Waals surface area contributed by atoms with Gasteiger partial charge in [-0.15, -0.1) is 0 Å². The van der Waals surface area contributed by atoms with Gasteiger partial charge in [-0.1, -0.05) is 18.2 Å². The van der Waals surface area contributed by atoms with Crippen LogP contribution < -0.4 is 4.90 Å². The third kappa shape index (κ3) is 2.45. The maximum atomic E-state index is 2.33. The molecule has 0 bridgehead atoms. The SMILES string of the molecule is Cc1cc(C)c(N(C)c2c(C)ccc(C)c2C)cc1C. The Labute approximate surface area is 123 Å². The van der Waals surface area contributed by atoms with Crippen molar-refractivity contribution in [1.29, 1.82) is 0 Å². The highest BCUT2D eigenvalue weighted by Gasteiger charge is 2.14. The largest absolute Gasteiger partial charge is 0.344 e. The van der Waals surface area contributed by atoms with Gasteiger partial charge in [0, 0.05) is 18.4 Å².